The minimum atomic E-state index is -0.0475. The highest BCUT2D eigenvalue weighted by Crippen LogP contribution is 2.43. The number of carbonyl (C=O) groups excluding carboxylic acids is 1. The number of nitrogens with zero attached hydrogens (tertiary/aromatic N) is 4. The third-order valence-electron chi connectivity index (χ3n) is 6.29. The quantitative estimate of drug-likeness (QED) is 0.599. The fourth-order valence-corrected chi connectivity index (χ4v) is 5.88. The molecule has 2 aliphatic rings. The van der Waals surface area contributed by atoms with Crippen LogP contribution in [0.5, 0.6) is 0 Å². The maximum atomic E-state index is 13.1. The molecule has 3 atom stereocenters. The number of amides is 1. The van der Waals surface area contributed by atoms with Gasteiger partial charge in [0.1, 0.15) is 17.0 Å². The summed E-state index contributed by atoms with van der Waals surface area (Å²) in [7, 11) is 1.78. The van der Waals surface area contributed by atoms with Crippen LogP contribution >= 0.6 is 11.3 Å². The van der Waals surface area contributed by atoms with Crippen molar-refractivity contribution in [1.82, 2.24) is 20.0 Å². The van der Waals surface area contributed by atoms with E-state index >= 15 is 0 Å². The molecule has 1 fully saturated rings. The van der Waals surface area contributed by atoms with E-state index in [9.17, 15) is 4.79 Å². The highest BCUT2D eigenvalue weighted by Gasteiger charge is 2.35. The van der Waals surface area contributed by atoms with Crippen molar-refractivity contribution in [1.29, 1.82) is 0 Å². The minimum Gasteiger partial charge on any atom is -0.369 e. The van der Waals surface area contributed by atoms with Crippen LogP contribution in [-0.2, 0) is 6.54 Å². The van der Waals surface area contributed by atoms with Gasteiger partial charge in [-0.25, -0.2) is 9.97 Å². The number of thiophene rings is 1. The monoisotopic (exact) mass is 423 g/mol. The van der Waals surface area contributed by atoms with Gasteiger partial charge in [0.05, 0.1) is 22.5 Å². The largest absolute Gasteiger partial charge is 0.369 e. The predicted octanol–water partition coefficient (Wildman–Crippen LogP) is 4.19. The highest BCUT2D eigenvalue weighted by molar-refractivity contribution is 7.20. The summed E-state index contributed by atoms with van der Waals surface area (Å²) in [6.07, 6.45) is 8.85. The molecule has 0 aromatic carbocycles. The van der Waals surface area contributed by atoms with Crippen LogP contribution in [0.1, 0.15) is 39.5 Å². The molecule has 156 valence electrons. The van der Waals surface area contributed by atoms with E-state index in [4.69, 9.17) is 4.52 Å². The number of nitrogens with one attached hydrogen (secondary N) is 1. The second-order valence-corrected chi connectivity index (χ2v) is 9.47. The van der Waals surface area contributed by atoms with Crippen LogP contribution in [0.4, 0.5) is 5.82 Å². The van der Waals surface area contributed by atoms with Crippen molar-refractivity contribution in [2.75, 3.05) is 18.9 Å². The molecule has 8 heteroatoms. The van der Waals surface area contributed by atoms with E-state index in [1.807, 2.05) is 19.9 Å². The maximum Gasteiger partial charge on any atom is 0.264 e. The molecule has 0 spiro atoms. The summed E-state index contributed by atoms with van der Waals surface area (Å²) >= 11 is 1.42. The Labute approximate surface area is 179 Å². The molecule has 1 amide bonds. The second-order valence-electron chi connectivity index (χ2n) is 8.48. The number of hydrogen-bond acceptors (Lipinski definition) is 7. The lowest BCUT2D eigenvalue weighted by Crippen LogP contribution is -2.25. The van der Waals surface area contributed by atoms with E-state index in [-0.39, 0.29) is 5.91 Å². The number of aryl methyl sites for hydroxylation is 2. The number of allylic oxidation sites excluding steroid dienone is 2. The molecular formula is C22H25N5O2S. The number of rotatable bonds is 6. The Kier molecular flexibility index (Phi) is 4.81. The molecule has 0 saturated heterocycles. The maximum absolute atomic E-state index is 13.1. The van der Waals surface area contributed by atoms with Crippen molar-refractivity contribution in [3.63, 3.8) is 0 Å². The van der Waals surface area contributed by atoms with Crippen LogP contribution in [0.15, 0.2) is 29.1 Å². The van der Waals surface area contributed by atoms with E-state index in [1.54, 1.807) is 18.3 Å². The molecule has 30 heavy (non-hydrogen) atoms. The fourth-order valence-electron chi connectivity index (χ4n) is 4.74. The first-order valence-electron chi connectivity index (χ1n) is 10.3. The summed E-state index contributed by atoms with van der Waals surface area (Å²) in [6, 6.07) is 1.85. The molecule has 0 radical (unpaired) electrons. The Bertz CT molecular complexity index is 1130. The van der Waals surface area contributed by atoms with E-state index in [1.165, 1.54) is 24.2 Å². The van der Waals surface area contributed by atoms with Gasteiger partial charge < -0.3 is 14.7 Å². The van der Waals surface area contributed by atoms with Gasteiger partial charge in [0.25, 0.3) is 5.91 Å². The molecule has 3 heterocycles. The number of anilines is 1. The van der Waals surface area contributed by atoms with Gasteiger partial charge in [-0.15, -0.1) is 11.3 Å². The van der Waals surface area contributed by atoms with Crippen LogP contribution in [0, 0.1) is 31.6 Å². The molecule has 0 aliphatic heterocycles. The third-order valence-corrected chi connectivity index (χ3v) is 7.47. The average Bonchev–Trinajstić information content (AvgIpc) is 3.51. The predicted molar refractivity (Wildman–Crippen MR) is 117 cm³/mol. The molecule has 1 N–H and O–H groups in total. The van der Waals surface area contributed by atoms with Crippen molar-refractivity contribution >= 4 is 33.3 Å². The summed E-state index contributed by atoms with van der Waals surface area (Å²) in [6.45, 7) is 5.13. The Balaban J connectivity index is 1.36. The van der Waals surface area contributed by atoms with Crippen molar-refractivity contribution in [2.24, 2.45) is 17.8 Å². The highest BCUT2D eigenvalue weighted by atomic mass is 32.1. The van der Waals surface area contributed by atoms with Gasteiger partial charge in [0.2, 0.25) is 0 Å². The van der Waals surface area contributed by atoms with E-state index in [0.717, 1.165) is 39.8 Å². The first-order chi connectivity index (χ1) is 14.5. The molecule has 3 aromatic heterocycles. The molecule has 5 rings (SSSR count). The Morgan fingerprint density at radius 3 is 2.87 bits per heavy atom. The third kappa shape index (κ3) is 3.39. The van der Waals surface area contributed by atoms with Crippen molar-refractivity contribution < 1.29 is 9.32 Å². The van der Waals surface area contributed by atoms with Crippen LogP contribution in [-0.4, -0.2) is 39.5 Å². The van der Waals surface area contributed by atoms with Crippen LogP contribution < -0.4 is 5.32 Å². The lowest BCUT2D eigenvalue weighted by Gasteiger charge is -2.19. The normalized spacial score (nSPS) is 22.2. The van der Waals surface area contributed by atoms with Crippen molar-refractivity contribution in [2.45, 2.75) is 33.2 Å². The van der Waals surface area contributed by atoms with Crippen molar-refractivity contribution in [3.05, 3.63) is 46.4 Å². The summed E-state index contributed by atoms with van der Waals surface area (Å²) in [5.41, 5.74) is 1.73. The zero-order chi connectivity index (χ0) is 20.8. The first kappa shape index (κ1) is 19.2. The number of aromatic nitrogens is 3. The second kappa shape index (κ2) is 7.50. The van der Waals surface area contributed by atoms with Gasteiger partial charge in [0, 0.05) is 19.7 Å². The topological polar surface area (TPSA) is 84.2 Å². The van der Waals surface area contributed by atoms with Gasteiger partial charge in [-0.2, -0.15) is 0 Å². The molecular weight excluding hydrogens is 398 g/mol. The Morgan fingerprint density at radius 2 is 2.17 bits per heavy atom. The fraction of sp³-hybridized carbons (Fsp3) is 0.455. The average molecular weight is 424 g/mol. The molecule has 0 unspecified atom stereocenters. The van der Waals surface area contributed by atoms with E-state index in [0.29, 0.717) is 29.0 Å². The zero-order valence-corrected chi connectivity index (χ0v) is 18.2. The van der Waals surface area contributed by atoms with Gasteiger partial charge in [-0.3, -0.25) is 4.79 Å². The molecule has 2 aliphatic carbocycles. The Hall–Kier alpha value is -2.74. The van der Waals surface area contributed by atoms with Gasteiger partial charge in [-0.05, 0) is 50.0 Å². The SMILES string of the molecule is Cc1cc(CN(C)C(=O)c2sc3ncnc(NC[C@H]4C[C@@H]5C=C[C@H]4C5)c3c2C)on1. The lowest BCUT2D eigenvalue weighted by molar-refractivity contribution is 0.0776. The molecule has 1 saturated carbocycles. The molecule has 3 aromatic rings. The summed E-state index contributed by atoms with van der Waals surface area (Å²) < 4.78 is 5.25. The summed E-state index contributed by atoms with van der Waals surface area (Å²) in [5.74, 6) is 3.55. The van der Waals surface area contributed by atoms with Crippen LogP contribution in [0.25, 0.3) is 10.2 Å². The summed E-state index contributed by atoms with van der Waals surface area (Å²) in [5, 5.41) is 8.40. The smallest absolute Gasteiger partial charge is 0.264 e. The summed E-state index contributed by atoms with van der Waals surface area (Å²) in [4.78, 5) is 25.2. The van der Waals surface area contributed by atoms with Gasteiger partial charge in [-0.1, -0.05) is 17.3 Å². The first-order valence-corrected chi connectivity index (χ1v) is 11.1. The van der Waals surface area contributed by atoms with Crippen LogP contribution in [0.3, 0.4) is 0 Å². The molecule has 2 bridgehead atoms. The van der Waals surface area contributed by atoms with Gasteiger partial charge in [0.15, 0.2) is 5.76 Å². The number of fused-ring (bicyclic) bond motifs is 3. The lowest BCUT2D eigenvalue weighted by atomic mass is 9.93. The number of carbonyl (C=O) groups is 1. The standard InChI is InChI=1S/C22H25N5O2S/c1-12-6-17(29-26-12)10-27(3)22(28)19-13(2)18-20(24-11-25-21(18)30-19)23-9-16-8-14-4-5-15(16)7-14/h4-6,11,14-16H,7-10H2,1-3H3,(H,23,24,25)/t14-,15+,16-/m1/s1. The number of hydrogen-bond donors (Lipinski definition) is 1. The zero-order valence-electron chi connectivity index (χ0n) is 17.4. The Morgan fingerprint density at radius 1 is 1.30 bits per heavy atom. The molecule has 7 nitrogen and oxygen atoms in total. The minimum absolute atomic E-state index is 0.0475. The van der Waals surface area contributed by atoms with E-state index < -0.39 is 0 Å². The van der Waals surface area contributed by atoms with Gasteiger partial charge >= 0.3 is 0 Å². The van der Waals surface area contributed by atoms with Crippen LogP contribution in [0.2, 0.25) is 0 Å². The van der Waals surface area contributed by atoms with E-state index in [2.05, 4.69) is 32.6 Å². The van der Waals surface area contributed by atoms with Crippen molar-refractivity contribution in [3.8, 4) is 0 Å².